The Morgan fingerprint density at radius 3 is 2.71 bits per heavy atom. The van der Waals surface area contributed by atoms with Gasteiger partial charge in [-0.25, -0.2) is 4.79 Å². The molecule has 0 spiro atoms. The number of allylic oxidation sites excluding steroid dienone is 3. The van der Waals surface area contributed by atoms with Crippen LogP contribution in [0.15, 0.2) is 60.7 Å². The van der Waals surface area contributed by atoms with Gasteiger partial charge < -0.3 is 4.74 Å². The molecule has 0 N–H and O–H groups in total. The summed E-state index contributed by atoms with van der Waals surface area (Å²) in [4.78, 5) is 11.3. The van der Waals surface area contributed by atoms with Crippen molar-refractivity contribution in [2.45, 2.75) is 6.92 Å². The average molecular weight is 228 g/mol. The summed E-state index contributed by atoms with van der Waals surface area (Å²) in [6.45, 7) is 2.22. The lowest BCUT2D eigenvalue weighted by Crippen LogP contribution is -1.99. The average Bonchev–Trinajstić information content (AvgIpc) is 2.37. The Bertz CT molecular complexity index is 414. The highest BCUT2D eigenvalue weighted by Gasteiger charge is 1.93. The molecule has 17 heavy (non-hydrogen) atoms. The van der Waals surface area contributed by atoms with Gasteiger partial charge >= 0.3 is 5.97 Å². The van der Waals surface area contributed by atoms with Crippen LogP contribution in [0.5, 0.6) is 0 Å². The second kappa shape index (κ2) is 8.11. The van der Waals surface area contributed by atoms with Crippen LogP contribution in [-0.4, -0.2) is 12.6 Å². The molecule has 0 amide bonds. The van der Waals surface area contributed by atoms with Crippen LogP contribution in [0, 0.1) is 0 Å². The molecule has 1 rings (SSSR count). The lowest BCUT2D eigenvalue weighted by molar-refractivity contribution is -0.136. The normalized spacial score (nSPS) is 11.6. The van der Waals surface area contributed by atoms with E-state index in [-0.39, 0.29) is 5.97 Å². The molecular weight excluding hydrogens is 212 g/mol. The van der Waals surface area contributed by atoms with E-state index < -0.39 is 0 Å². The predicted octanol–water partition coefficient (Wildman–Crippen LogP) is 3.38. The van der Waals surface area contributed by atoms with Crippen molar-refractivity contribution in [1.29, 1.82) is 0 Å². The number of esters is 1. The first-order valence-corrected chi connectivity index (χ1v) is 5.50. The number of carbonyl (C=O) groups excluding carboxylic acids is 1. The first kappa shape index (κ1) is 13.0. The lowest BCUT2D eigenvalue weighted by Gasteiger charge is -1.96. The van der Waals surface area contributed by atoms with Crippen LogP contribution in [0.4, 0.5) is 0 Å². The van der Waals surface area contributed by atoms with E-state index in [0.29, 0.717) is 6.61 Å². The standard InChI is InChI=1S/C15H16O2/c1-2-3-4-8-13-17-15(16)12-11-14-9-6-5-7-10-14/h2-12H,13H2,1H3/b3-2+,8-4+,12-11?. The number of benzene rings is 1. The van der Waals surface area contributed by atoms with Crippen molar-refractivity contribution < 1.29 is 9.53 Å². The Hall–Kier alpha value is -2.09. The fraction of sp³-hybridized carbons (Fsp3) is 0.133. The highest BCUT2D eigenvalue weighted by Crippen LogP contribution is 2.00. The summed E-state index contributed by atoms with van der Waals surface area (Å²) in [5, 5.41) is 0. The molecule has 0 aromatic heterocycles. The molecule has 0 aliphatic rings. The van der Waals surface area contributed by atoms with Crippen molar-refractivity contribution >= 4 is 12.0 Å². The zero-order chi connectivity index (χ0) is 12.3. The van der Waals surface area contributed by atoms with E-state index in [0.717, 1.165) is 5.56 Å². The molecule has 0 saturated carbocycles. The molecule has 2 nitrogen and oxygen atoms in total. The Morgan fingerprint density at radius 1 is 1.24 bits per heavy atom. The van der Waals surface area contributed by atoms with E-state index in [1.807, 2.05) is 55.5 Å². The number of carbonyl (C=O) groups is 1. The molecule has 0 fully saturated rings. The fourth-order valence-electron chi connectivity index (χ4n) is 1.15. The van der Waals surface area contributed by atoms with Gasteiger partial charge in [-0.3, -0.25) is 0 Å². The van der Waals surface area contributed by atoms with Crippen LogP contribution >= 0.6 is 0 Å². The van der Waals surface area contributed by atoms with Crippen LogP contribution < -0.4 is 0 Å². The maximum Gasteiger partial charge on any atom is 0.331 e. The van der Waals surface area contributed by atoms with E-state index in [4.69, 9.17) is 4.74 Å². The minimum Gasteiger partial charge on any atom is -0.458 e. The van der Waals surface area contributed by atoms with E-state index in [1.54, 1.807) is 12.2 Å². The molecule has 0 saturated heterocycles. The zero-order valence-electron chi connectivity index (χ0n) is 9.87. The van der Waals surface area contributed by atoms with Crippen LogP contribution in [0.1, 0.15) is 12.5 Å². The summed E-state index contributed by atoms with van der Waals surface area (Å²) in [5.41, 5.74) is 0.980. The van der Waals surface area contributed by atoms with Gasteiger partial charge in [0.1, 0.15) is 6.61 Å². The smallest absolute Gasteiger partial charge is 0.331 e. The molecule has 0 unspecified atom stereocenters. The molecule has 0 radical (unpaired) electrons. The molecule has 0 heterocycles. The topological polar surface area (TPSA) is 26.3 Å². The maximum atomic E-state index is 11.3. The molecule has 0 aliphatic carbocycles. The quantitative estimate of drug-likeness (QED) is 0.439. The van der Waals surface area contributed by atoms with E-state index in [2.05, 4.69) is 0 Å². The number of hydrogen-bond acceptors (Lipinski definition) is 2. The molecule has 1 aromatic rings. The molecule has 2 heteroatoms. The van der Waals surface area contributed by atoms with Crippen molar-refractivity contribution in [3.05, 3.63) is 66.3 Å². The number of ether oxygens (including phenoxy) is 1. The van der Waals surface area contributed by atoms with E-state index >= 15 is 0 Å². The largest absolute Gasteiger partial charge is 0.458 e. The summed E-state index contributed by atoms with van der Waals surface area (Å²) < 4.78 is 4.96. The minimum atomic E-state index is -0.334. The predicted molar refractivity (Wildman–Crippen MR) is 70.4 cm³/mol. The van der Waals surface area contributed by atoms with Crippen molar-refractivity contribution in [3.8, 4) is 0 Å². The summed E-state index contributed by atoms with van der Waals surface area (Å²) in [6, 6.07) is 9.63. The second-order valence-electron chi connectivity index (χ2n) is 3.33. The van der Waals surface area contributed by atoms with Gasteiger partial charge in [-0.15, -0.1) is 0 Å². The van der Waals surface area contributed by atoms with Crippen molar-refractivity contribution in [1.82, 2.24) is 0 Å². The van der Waals surface area contributed by atoms with Crippen molar-refractivity contribution in [2.24, 2.45) is 0 Å². The van der Waals surface area contributed by atoms with Gasteiger partial charge in [-0.05, 0) is 24.6 Å². The van der Waals surface area contributed by atoms with Crippen molar-refractivity contribution in [2.75, 3.05) is 6.61 Å². The third kappa shape index (κ3) is 6.15. The third-order valence-corrected chi connectivity index (χ3v) is 1.97. The number of hydrogen-bond donors (Lipinski definition) is 0. The lowest BCUT2D eigenvalue weighted by atomic mass is 10.2. The summed E-state index contributed by atoms with van der Waals surface area (Å²) in [5.74, 6) is -0.334. The van der Waals surface area contributed by atoms with Gasteiger partial charge in [0.15, 0.2) is 0 Å². The van der Waals surface area contributed by atoms with E-state index in [1.165, 1.54) is 6.08 Å². The number of rotatable bonds is 5. The van der Waals surface area contributed by atoms with Gasteiger partial charge in [-0.2, -0.15) is 0 Å². The molecule has 0 bridgehead atoms. The third-order valence-electron chi connectivity index (χ3n) is 1.97. The van der Waals surface area contributed by atoms with Crippen LogP contribution in [-0.2, 0) is 9.53 Å². The van der Waals surface area contributed by atoms with Crippen LogP contribution in [0.2, 0.25) is 0 Å². The summed E-state index contributed by atoms with van der Waals surface area (Å²) in [6.07, 6.45) is 10.6. The molecule has 1 aromatic carbocycles. The Kier molecular flexibility index (Phi) is 6.19. The zero-order valence-corrected chi connectivity index (χ0v) is 9.87. The van der Waals surface area contributed by atoms with Crippen LogP contribution in [0.3, 0.4) is 0 Å². The fourth-order valence-corrected chi connectivity index (χ4v) is 1.15. The van der Waals surface area contributed by atoms with Crippen LogP contribution in [0.25, 0.3) is 6.08 Å². The first-order chi connectivity index (χ1) is 8.33. The Morgan fingerprint density at radius 2 is 2.00 bits per heavy atom. The maximum absolute atomic E-state index is 11.3. The van der Waals surface area contributed by atoms with Gasteiger partial charge in [0.25, 0.3) is 0 Å². The highest BCUT2D eigenvalue weighted by atomic mass is 16.5. The van der Waals surface area contributed by atoms with Gasteiger partial charge in [-0.1, -0.05) is 48.6 Å². The molecule has 0 atom stereocenters. The highest BCUT2D eigenvalue weighted by molar-refractivity contribution is 5.87. The SMILES string of the molecule is C/C=C/C=C/COC(=O)C=Cc1ccccc1. The monoisotopic (exact) mass is 228 g/mol. The minimum absolute atomic E-state index is 0.294. The van der Waals surface area contributed by atoms with Gasteiger partial charge in [0.05, 0.1) is 0 Å². The van der Waals surface area contributed by atoms with E-state index in [9.17, 15) is 4.79 Å². The Labute approximate surface area is 102 Å². The van der Waals surface area contributed by atoms with Crippen molar-refractivity contribution in [3.63, 3.8) is 0 Å². The molecule has 88 valence electrons. The molecule has 0 aliphatic heterocycles. The molecular formula is C15H16O2. The Balaban J connectivity index is 2.32. The summed E-state index contributed by atoms with van der Waals surface area (Å²) in [7, 11) is 0. The first-order valence-electron chi connectivity index (χ1n) is 5.50. The second-order valence-corrected chi connectivity index (χ2v) is 3.33. The van der Waals surface area contributed by atoms with Gasteiger partial charge in [0, 0.05) is 6.08 Å². The van der Waals surface area contributed by atoms with Gasteiger partial charge in [0.2, 0.25) is 0 Å². The summed E-state index contributed by atoms with van der Waals surface area (Å²) >= 11 is 0.